The number of hydrogen-bond acceptors (Lipinski definition) is 4. The number of carbonyl (C=O) groups is 2. The molecule has 0 radical (unpaired) electrons. The Hall–Kier alpha value is -1.68. The van der Waals surface area contributed by atoms with Crippen LogP contribution < -0.4 is 0 Å². The Bertz CT molecular complexity index is 470. The van der Waals surface area contributed by atoms with Crippen LogP contribution in [0.3, 0.4) is 0 Å². The van der Waals surface area contributed by atoms with Gasteiger partial charge in [0, 0.05) is 19.6 Å². The fourth-order valence-electron chi connectivity index (χ4n) is 2.29. The number of benzene rings is 1. The molecule has 0 unspecified atom stereocenters. The Balaban J connectivity index is 1.74. The van der Waals surface area contributed by atoms with Crippen LogP contribution in [-0.4, -0.2) is 36.3 Å². The summed E-state index contributed by atoms with van der Waals surface area (Å²) in [5.41, 5.74) is 2.76. The molecule has 0 bridgehead atoms. The first kappa shape index (κ1) is 13.7. The molecule has 1 aliphatic rings. The Morgan fingerprint density at radius 1 is 1.26 bits per heavy atom. The van der Waals surface area contributed by atoms with Crippen molar-refractivity contribution in [2.45, 2.75) is 26.3 Å². The van der Waals surface area contributed by atoms with E-state index >= 15 is 0 Å². The van der Waals surface area contributed by atoms with Gasteiger partial charge in [-0.1, -0.05) is 24.3 Å². The molecule has 1 aromatic rings. The van der Waals surface area contributed by atoms with E-state index in [4.69, 9.17) is 4.74 Å². The fraction of sp³-hybridized carbons (Fsp3) is 0.467. The Morgan fingerprint density at radius 3 is 2.74 bits per heavy atom. The van der Waals surface area contributed by atoms with Crippen LogP contribution in [0.25, 0.3) is 0 Å². The van der Waals surface area contributed by atoms with Crippen LogP contribution in [0.5, 0.6) is 0 Å². The summed E-state index contributed by atoms with van der Waals surface area (Å²) in [5.74, 6) is -0.582. The van der Waals surface area contributed by atoms with Crippen LogP contribution in [0.2, 0.25) is 0 Å². The molecule has 19 heavy (non-hydrogen) atoms. The van der Waals surface area contributed by atoms with Gasteiger partial charge in [0.25, 0.3) is 0 Å². The van der Waals surface area contributed by atoms with E-state index in [0.717, 1.165) is 26.1 Å². The topological polar surface area (TPSA) is 46.6 Å². The number of carbonyl (C=O) groups excluding carboxylic acids is 2. The first-order chi connectivity index (χ1) is 9.15. The van der Waals surface area contributed by atoms with Crippen LogP contribution in [0.4, 0.5) is 0 Å². The van der Waals surface area contributed by atoms with E-state index < -0.39 is 5.97 Å². The minimum absolute atomic E-state index is 0.122. The van der Waals surface area contributed by atoms with E-state index in [-0.39, 0.29) is 12.2 Å². The highest BCUT2D eigenvalue weighted by molar-refractivity contribution is 5.94. The average molecular weight is 261 g/mol. The summed E-state index contributed by atoms with van der Waals surface area (Å²) in [6, 6.07) is 8.43. The van der Waals surface area contributed by atoms with Crippen molar-refractivity contribution in [3.63, 3.8) is 0 Å². The molecule has 4 heteroatoms. The Labute approximate surface area is 113 Å². The van der Waals surface area contributed by atoms with Crippen molar-refractivity contribution in [1.82, 2.24) is 4.90 Å². The van der Waals surface area contributed by atoms with Crippen molar-refractivity contribution in [1.29, 1.82) is 0 Å². The molecule has 102 valence electrons. The quantitative estimate of drug-likeness (QED) is 0.596. The summed E-state index contributed by atoms with van der Waals surface area (Å²) in [4.78, 5) is 24.2. The molecule has 4 nitrogen and oxygen atoms in total. The summed E-state index contributed by atoms with van der Waals surface area (Å²) >= 11 is 0. The van der Waals surface area contributed by atoms with E-state index in [9.17, 15) is 9.59 Å². The SMILES string of the molecule is CC(=O)CC(=O)OCCN1CCc2ccccc2C1. The minimum Gasteiger partial charge on any atom is -0.464 e. The molecular weight excluding hydrogens is 242 g/mol. The summed E-state index contributed by atoms with van der Waals surface area (Å²) in [7, 11) is 0. The zero-order valence-electron chi connectivity index (χ0n) is 11.2. The van der Waals surface area contributed by atoms with Gasteiger partial charge >= 0.3 is 5.97 Å². The summed E-state index contributed by atoms with van der Waals surface area (Å²) in [6.45, 7) is 4.36. The van der Waals surface area contributed by atoms with E-state index in [1.165, 1.54) is 18.1 Å². The monoisotopic (exact) mass is 261 g/mol. The highest BCUT2D eigenvalue weighted by Gasteiger charge is 2.15. The van der Waals surface area contributed by atoms with Gasteiger partial charge in [0.2, 0.25) is 0 Å². The largest absolute Gasteiger partial charge is 0.464 e. The van der Waals surface area contributed by atoms with Crippen molar-refractivity contribution in [3.8, 4) is 0 Å². The van der Waals surface area contributed by atoms with Crippen LogP contribution in [0.15, 0.2) is 24.3 Å². The molecule has 1 aliphatic heterocycles. The standard InChI is InChI=1S/C15H19NO3/c1-12(17)10-15(18)19-9-8-16-7-6-13-4-2-3-5-14(13)11-16/h2-5H,6-11H2,1H3. The predicted octanol–water partition coefficient (Wildman–Crippen LogP) is 1.57. The van der Waals surface area contributed by atoms with Crippen molar-refractivity contribution in [3.05, 3.63) is 35.4 Å². The molecule has 2 rings (SSSR count). The second kappa shape index (κ2) is 6.48. The lowest BCUT2D eigenvalue weighted by Gasteiger charge is -2.28. The van der Waals surface area contributed by atoms with E-state index in [0.29, 0.717) is 6.61 Å². The fourth-order valence-corrected chi connectivity index (χ4v) is 2.29. The predicted molar refractivity (Wildman–Crippen MR) is 71.7 cm³/mol. The second-order valence-corrected chi connectivity index (χ2v) is 4.89. The van der Waals surface area contributed by atoms with Crippen molar-refractivity contribution in [2.75, 3.05) is 19.7 Å². The van der Waals surface area contributed by atoms with E-state index in [1.807, 2.05) is 0 Å². The number of ketones is 1. The highest BCUT2D eigenvalue weighted by atomic mass is 16.5. The molecule has 0 spiro atoms. The highest BCUT2D eigenvalue weighted by Crippen LogP contribution is 2.17. The molecule has 0 saturated heterocycles. The van der Waals surface area contributed by atoms with Gasteiger partial charge in [0.15, 0.2) is 0 Å². The maximum atomic E-state index is 11.2. The van der Waals surface area contributed by atoms with E-state index in [2.05, 4.69) is 29.2 Å². The molecule has 0 fully saturated rings. The zero-order valence-corrected chi connectivity index (χ0v) is 11.2. The first-order valence-electron chi connectivity index (χ1n) is 6.59. The van der Waals surface area contributed by atoms with Gasteiger partial charge in [-0.25, -0.2) is 0 Å². The number of esters is 1. The van der Waals surface area contributed by atoms with Crippen LogP contribution in [0.1, 0.15) is 24.5 Å². The van der Waals surface area contributed by atoms with Crippen molar-refractivity contribution < 1.29 is 14.3 Å². The molecule has 0 N–H and O–H groups in total. The van der Waals surface area contributed by atoms with Gasteiger partial charge in [-0.05, 0) is 24.5 Å². The maximum absolute atomic E-state index is 11.2. The van der Waals surface area contributed by atoms with Gasteiger partial charge in [0.1, 0.15) is 18.8 Å². The number of Topliss-reactive ketones (excluding diaryl/α,β-unsaturated/α-hetero) is 1. The van der Waals surface area contributed by atoms with Gasteiger partial charge in [-0.2, -0.15) is 0 Å². The normalized spacial score (nSPS) is 14.8. The van der Waals surface area contributed by atoms with Crippen LogP contribution >= 0.6 is 0 Å². The number of ether oxygens (including phenoxy) is 1. The number of hydrogen-bond donors (Lipinski definition) is 0. The van der Waals surface area contributed by atoms with E-state index in [1.54, 1.807) is 0 Å². The number of nitrogens with zero attached hydrogens (tertiary/aromatic N) is 1. The molecule has 0 saturated carbocycles. The third kappa shape index (κ3) is 4.17. The van der Waals surface area contributed by atoms with Gasteiger partial charge in [0.05, 0.1) is 0 Å². The summed E-state index contributed by atoms with van der Waals surface area (Å²) in [6.07, 6.45) is 0.917. The van der Waals surface area contributed by atoms with Crippen molar-refractivity contribution in [2.24, 2.45) is 0 Å². The lowest BCUT2D eigenvalue weighted by molar-refractivity contribution is -0.146. The summed E-state index contributed by atoms with van der Waals surface area (Å²) < 4.78 is 5.04. The molecular formula is C15H19NO3. The lowest BCUT2D eigenvalue weighted by atomic mass is 10.0. The lowest BCUT2D eigenvalue weighted by Crippen LogP contribution is -2.33. The Kier molecular flexibility index (Phi) is 4.68. The average Bonchev–Trinajstić information content (AvgIpc) is 2.37. The number of fused-ring (bicyclic) bond motifs is 1. The second-order valence-electron chi connectivity index (χ2n) is 4.89. The maximum Gasteiger partial charge on any atom is 0.313 e. The third-order valence-electron chi connectivity index (χ3n) is 3.27. The first-order valence-corrected chi connectivity index (χ1v) is 6.59. The van der Waals surface area contributed by atoms with Gasteiger partial charge < -0.3 is 4.74 Å². The third-order valence-corrected chi connectivity index (χ3v) is 3.27. The van der Waals surface area contributed by atoms with Gasteiger partial charge in [-0.3, -0.25) is 14.5 Å². The molecule has 0 aliphatic carbocycles. The zero-order chi connectivity index (χ0) is 13.7. The molecule has 1 heterocycles. The van der Waals surface area contributed by atoms with Gasteiger partial charge in [-0.15, -0.1) is 0 Å². The van der Waals surface area contributed by atoms with Crippen molar-refractivity contribution >= 4 is 11.8 Å². The molecule has 0 aromatic heterocycles. The summed E-state index contributed by atoms with van der Waals surface area (Å²) in [5, 5.41) is 0. The van der Waals surface area contributed by atoms with Crippen LogP contribution in [-0.2, 0) is 27.3 Å². The number of rotatable bonds is 5. The minimum atomic E-state index is -0.426. The molecule has 0 atom stereocenters. The molecule has 0 amide bonds. The van der Waals surface area contributed by atoms with Crippen LogP contribution in [0, 0.1) is 0 Å². The molecule has 1 aromatic carbocycles. The Morgan fingerprint density at radius 2 is 2.00 bits per heavy atom. The smallest absolute Gasteiger partial charge is 0.313 e.